The average molecular weight is 294 g/mol. The third-order valence-corrected chi connectivity index (χ3v) is 4.31. The molecule has 0 N–H and O–H groups in total. The van der Waals surface area contributed by atoms with E-state index in [-0.39, 0.29) is 0 Å². The van der Waals surface area contributed by atoms with E-state index >= 15 is 0 Å². The third kappa shape index (κ3) is 2.53. The molecule has 0 aromatic carbocycles. The first-order chi connectivity index (χ1) is 9.69. The van der Waals surface area contributed by atoms with Crippen LogP contribution in [0.3, 0.4) is 0 Å². The number of pyridine rings is 1. The molecule has 20 heavy (non-hydrogen) atoms. The second-order valence-electron chi connectivity index (χ2n) is 5.52. The topological polar surface area (TPSA) is 37.2 Å². The molecule has 0 bridgehead atoms. The van der Waals surface area contributed by atoms with Crippen LogP contribution >= 0.6 is 11.6 Å². The summed E-state index contributed by atoms with van der Waals surface area (Å²) in [6, 6.07) is 4.37. The predicted octanol–water partition coefficient (Wildman–Crippen LogP) is 1.42. The number of hydrogen-bond acceptors (Lipinski definition) is 4. The van der Waals surface area contributed by atoms with E-state index in [1.807, 2.05) is 18.3 Å². The first-order valence-corrected chi connectivity index (χ1v) is 7.47. The monoisotopic (exact) mass is 293 g/mol. The second kappa shape index (κ2) is 5.68. The van der Waals surface area contributed by atoms with Crippen molar-refractivity contribution >= 4 is 22.8 Å². The minimum Gasteiger partial charge on any atom is -0.310 e. The SMILES string of the molecule is CN1CCN(C)C(Cn2c(CCl)nc3cccnc32)C1. The van der Waals surface area contributed by atoms with Gasteiger partial charge in [-0.15, -0.1) is 11.6 Å². The maximum absolute atomic E-state index is 6.05. The Morgan fingerprint density at radius 3 is 3.00 bits per heavy atom. The zero-order valence-electron chi connectivity index (χ0n) is 12.0. The van der Waals surface area contributed by atoms with Gasteiger partial charge in [0.05, 0.1) is 5.88 Å². The van der Waals surface area contributed by atoms with Crippen molar-refractivity contribution in [2.45, 2.75) is 18.5 Å². The Hall–Kier alpha value is -1.17. The molecule has 1 aliphatic rings. The summed E-state index contributed by atoms with van der Waals surface area (Å²) in [6.45, 7) is 4.16. The number of nitrogens with zero attached hydrogens (tertiary/aromatic N) is 5. The van der Waals surface area contributed by atoms with Crippen LogP contribution in [0.4, 0.5) is 0 Å². The molecule has 0 saturated carbocycles. The number of imidazole rings is 1. The van der Waals surface area contributed by atoms with Crippen molar-refractivity contribution in [3.8, 4) is 0 Å². The number of piperazine rings is 1. The van der Waals surface area contributed by atoms with Gasteiger partial charge in [-0.1, -0.05) is 0 Å². The minimum atomic E-state index is 0.419. The predicted molar refractivity (Wildman–Crippen MR) is 81.0 cm³/mol. The molecule has 108 valence electrons. The quantitative estimate of drug-likeness (QED) is 0.802. The first-order valence-electron chi connectivity index (χ1n) is 6.94. The van der Waals surface area contributed by atoms with Crippen molar-refractivity contribution in [1.29, 1.82) is 0 Å². The minimum absolute atomic E-state index is 0.419. The van der Waals surface area contributed by atoms with Crippen LogP contribution in [-0.2, 0) is 12.4 Å². The zero-order chi connectivity index (χ0) is 14.1. The molecule has 6 heteroatoms. The van der Waals surface area contributed by atoms with Crippen LogP contribution < -0.4 is 0 Å². The van der Waals surface area contributed by atoms with Gasteiger partial charge in [-0.25, -0.2) is 9.97 Å². The molecule has 3 rings (SSSR count). The molecule has 1 fully saturated rings. The van der Waals surface area contributed by atoms with E-state index < -0.39 is 0 Å². The number of rotatable bonds is 3. The van der Waals surface area contributed by atoms with Crippen LogP contribution in [0.1, 0.15) is 5.82 Å². The van der Waals surface area contributed by atoms with Crippen LogP contribution in [0.5, 0.6) is 0 Å². The molecule has 0 spiro atoms. The maximum Gasteiger partial charge on any atom is 0.160 e. The summed E-state index contributed by atoms with van der Waals surface area (Å²) in [4.78, 5) is 13.8. The van der Waals surface area contributed by atoms with Crippen LogP contribution in [0.2, 0.25) is 0 Å². The van der Waals surface area contributed by atoms with E-state index in [2.05, 4.69) is 38.4 Å². The van der Waals surface area contributed by atoms with E-state index in [9.17, 15) is 0 Å². The molecule has 0 radical (unpaired) electrons. The van der Waals surface area contributed by atoms with Crippen molar-refractivity contribution < 1.29 is 0 Å². The van der Waals surface area contributed by atoms with Gasteiger partial charge < -0.3 is 9.47 Å². The number of halogens is 1. The fraction of sp³-hybridized carbons (Fsp3) is 0.571. The van der Waals surface area contributed by atoms with Gasteiger partial charge in [-0.3, -0.25) is 4.90 Å². The van der Waals surface area contributed by atoms with Crippen molar-refractivity contribution in [2.75, 3.05) is 33.7 Å². The highest BCUT2D eigenvalue weighted by atomic mass is 35.5. The number of likely N-dealkylation sites (N-methyl/N-ethyl adjacent to an activating group) is 2. The fourth-order valence-electron chi connectivity index (χ4n) is 2.81. The van der Waals surface area contributed by atoms with E-state index in [0.29, 0.717) is 11.9 Å². The van der Waals surface area contributed by atoms with Crippen molar-refractivity contribution in [3.63, 3.8) is 0 Å². The Morgan fingerprint density at radius 2 is 2.20 bits per heavy atom. The highest BCUT2D eigenvalue weighted by Gasteiger charge is 2.24. The van der Waals surface area contributed by atoms with Gasteiger partial charge in [0.1, 0.15) is 11.3 Å². The molecule has 5 nitrogen and oxygen atoms in total. The number of alkyl halides is 1. The Balaban J connectivity index is 1.93. The largest absolute Gasteiger partial charge is 0.310 e. The highest BCUT2D eigenvalue weighted by molar-refractivity contribution is 6.16. The fourth-order valence-corrected chi connectivity index (χ4v) is 3.01. The van der Waals surface area contributed by atoms with Crippen LogP contribution in [0, 0.1) is 0 Å². The normalized spacial score (nSPS) is 21.6. The lowest BCUT2D eigenvalue weighted by molar-refractivity contribution is 0.103. The van der Waals surface area contributed by atoms with E-state index in [1.165, 1.54) is 0 Å². The lowest BCUT2D eigenvalue weighted by Crippen LogP contribution is -2.51. The average Bonchev–Trinajstić information content (AvgIpc) is 2.81. The standard InChI is InChI=1S/C14H20ClN5/c1-18-6-7-19(2)11(9-18)10-20-13(8-15)17-12-4-3-5-16-14(12)20/h3-5,11H,6-10H2,1-2H3. The molecule has 0 amide bonds. The third-order valence-electron chi connectivity index (χ3n) is 4.08. The van der Waals surface area contributed by atoms with E-state index in [4.69, 9.17) is 11.6 Å². The van der Waals surface area contributed by atoms with E-state index in [0.717, 1.165) is 43.2 Å². The molecule has 1 aliphatic heterocycles. The van der Waals surface area contributed by atoms with E-state index in [1.54, 1.807) is 0 Å². The summed E-state index contributed by atoms with van der Waals surface area (Å²) >= 11 is 6.05. The van der Waals surface area contributed by atoms with Gasteiger partial charge in [-0.05, 0) is 26.2 Å². The number of hydrogen-bond donors (Lipinski definition) is 0. The Morgan fingerprint density at radius 1 is 1.35 bits per heavy atom. The summed E-state index contributed by atoms with van der Waals surface area (Å²) in [6.07, 6.45) is 1.81. The summed E-state index contributed by atoms with van der Waals surface area (Å²) in [7, 11) is 4.36. The van der Waals surface area contributed by atoms with Gasteiger partial charge in [0.2, 0.25) is 0 Å². The van der Waals surface area contributed by atoms with Gasteiger partial charge in [0.25, 0.3) is 0 Å². The molecule has 1 unspecified atom stereocenters. The molecular weight excluding hydrogens is 274 g/mol. The Labute approximate surface area is 124 Å². The summed E-state index contributed by atoms with van der Waals surface area (Å²) in [5.41, 5.74) is 1.86. The molecule has 3 heterocycles. The number of fused-ring (bicyclic) bond motifs is 1. The molecule has 2 aromatic rings. The Bertz CT molecular complexity index is 596. The van der Waals surface area contributed by atoms with Crippen molar-refractivity contribution in [2.24, 2.45) is 0 Å². The molecule has 1 saturated heterocycles. The summed E-state index contributed by atoms with van der Waals surface area (Å²) < 4.78 is 2.17. The summed E-state index contributed by atoms with van der Waals surface area (Å²) in [5, 5.41) is 0. The zero-order valence-corrected chi connectivity index (χ0v) is 12.7. The lowest BCUT2D eigenvalue weighted by atomic mass is 10.2. The Kier molecular flexibility index (Phi) is 3.92. The smallest absolute Gasteiger partial charge is 0.160 e. The van der Waals surface area contributed by atoms with Crippen molar-refractivity contribution in [3.05, 3.63) is 24.2 Å². The molecular formula is C14H20ClN5. The summed E-state index contributed by atoms with van der Waals surface area (Å²) in [5.74, 6) is 1.32. The molecule has 1 atom stereocenters. The second-order valence-corrected chi connectivity index (χ2v) is 5.78. The van der Waals surface area contributed by atoms with Gasteiger partial charge in [-0.2, -0.15) is 0 Å². The number of aromatic nitrogens is 3. The highest BCUT2D eigenvalue weighted by Crippen LogP contribution is 2.18. The van der Waals surface area contributed by atoms with Crippen LogP contribution in [0.15, 0.2) is 18.3 Å². The molecule has 2 aromatic heterocycles. The van der Waals surface area contributed by atoms with Crippen LogP contribution in [0.25, 0.3) is 11.2 Å². The lowest BCUT2D eigenvalue weighted by Gasteiger charge is -2.38. The van der Waals surface area contributed by atoms with Gasteiger partial charge in [0, 0.05) is 38.4 Å². The van der Waals surface area contributed by atoms with Crippen LogP contribution in [-0.4, -0.2) is 64.1 Å². The maximum atomic E-state index is 6.05. The van der Waals surface area contributed by atoms with Crippen molar-refractivity contribution in [1.82, 2.24) is 24.3 Å². The molecule has 0 aliphatic carbocycles. The first kappa shape index (κ1) is 13.8. The van der Waals surface area contributed by atoms with Gasteiger partial charge in [0.15, 0.2) is 5.65 Å². The van der Waals surface area contributed by atoms with Gasteiger partial charge >= 0.3 is 0 Å².